The Bertz CT molecular complexity index is 790. The molecule has 0 N–H and O–H groups in total. The molecule has 136 valence electrons. The van der Waals surface area contributed by atoms with E-state index in [0.29, 0.717) is 29.3 Å². The van der Waals surface area contributed by atoms with Gasteiger partial charge in [0.15, 0.2) is 6.61 Å². The minimum Gasteiger partial charge on any atom is -0.421 e. The number of fused-ring (bicyclic) bond motifs is 5. The Kier molecular flexibility index (Phi) is 4.26. The Morgan fingerprint density at radius 3 is 2.96 bits per heavy atom. The number of carbonyl (C=O) groups excluding carboxylic acids is 2. The maximum absolute atomic E-state index is 12.4. The van der Waals surface area contributed by atoms with Crippen molar-refractivity contribution in [3.8, 4) is 18.1 Å². The van der Waals surface area contributed by atoms with Gasteiger partial charge in [0.1, 0.15) is 11.5 Å². The number of aryl methyl sites for hydroxylation is 1. The molecule has 2 unspecified atom stereocenters. The zero-order chi connectivity index (χ0) is 18.3. The van der Waals surface area contributed by atoms with E-state index in [9.17, 15) is 9.59 Å². The second-order valence-corrected chi connectivity index (χ2v) is 8.04. The van der Waals surface area contributed by atoms with E-state index < -0.39 is 6.16 Å². The van der Waals surface area contributed by atoms with Gasteiger partial charge in [-0.3, -0.25) is 4.79 Å². The Balaban J connectivity index is 1.53. The van der Waals surface area contributed by atoms with Crippen LogP contribution in [0.15, 0.2) is 18.2 Å². The Hall–Kier alpha value is -2.28. The molecule has 0 saturated heterocycles. The summed E-state index contributed by atoms with van der Waals surface area (Å²) < 4.78 is 9.98. The largest absolute Gasteiger partial charge is 0.514 e. The summed E-state index contributed by atoms with van der Waals surface area (Å²) in [6.45, 7) is 2.10. The van der Waals surface area contributed by atoms with E-state index in [1.54, 1.807) is 0 Å². The quantitative estimate of drug-likeness (QED) is 0.453. The van der Waals surface area contributed by atoms with Crippen molar-refractivity contribution in [2.75, 3.05) is 6.61 Å². The summed E-state index contributed by atoms with van der Waals surface area (Å²) in [5.74, 6) is 4.86. The summed E-state index contributed by atoms with van der Waals surface area (Å²) in [7, 11) is 0. The van der Waals surface area contributed by atoms with Gasteiger partial charge in [-0.1, -0.05) is 18.9 Å². The fraction of sp³-hybridized carbons (Fsp3) is 0.545. The average Bonchev–Trinajstić information content (AvgIpc) is 2.94. The Morgan fingerprint density at radius 1 is 1.31 bits per heavy atom. The second-order valence-electron chi connectivity index (χ2n) is 8.04. The third-order valence-corrected chi connectivity index (χ3v) is 6.88. The molecule has 0 radical (unpaired) electrons. The maximum Gasteiger partial charge on any atom is 0.514 e. The van der Waals surface area contributed by atoms with Crippen molar-refractivity contribution in [2.45, 2.75) is 51.4 Å². The fourth-order valence-corrected chi connectivity index (χ4v) is 5.62. The highest BCUT2D eigenvalue weighted by atomic mass is 16.7. The van der Waals surface area contributed by atoms with Crippen LogP contribution in [0.25, 0.3) is 0 Å². The number of ketones is 1. The number of rotatable bonds is 2. The first-order valence-electron chi connectivity index (χ1n) is 9.47. The number of carbonyl (C=O) groups is 2. The predicted molar refractivity (Wildman–Crippen MR) is 96.9 cm³/mol. The molecule has 3 aliphatic carbocycles. The smallest absolute Gasteiger partial charge is 0.421 e. The first-order chi connectivity index (χ1) is 12.5. The lowest BCUT2D eigenvalue weighted by atomic mass is 9.55. The third-order valence-electron chi connectivity index (χ3n) is 6.88. The summed E-state index contributed by atoms with van der Waals surface area (Å²) >= 11 is 0. The summed E-state index contributed by atoms with van der Waals surface area (Å²) in [6.07, 6.45) is 10.2. The molecular weight excluding hydrogens is 328 g/mol. The van der Waals surface area contributed by atoms with Gasteiger partial charge in [-0.05, 0) is 73.1 Å². The fourth-order valence-electron chi connectivity index (χ4n) is 5.62. The van der Waals surface area contributed by atoms with E-state index in [-0.39, 0.29) is 12.0 Å². The van der Waals surface area contributed by atoms with Crippen LogP contribution >= 0.6 is 0 Å². The molecule has 3 aliphatic rings. The van der Waals surface area contributed by atoms with E-state index in [0.717, 1.165) is 38.5 Å². The zero-order valence-corrected chi connectivity index (χ0v) is 15.1. The molecule has 4 atom stereocenters. The van der Waals surface area contributed by atoms with Crippen molar-refractivity contribution in [3.63, 3.8) is 0 Å². The SMILES string of the molecule is C#CCOC(=O)Oc1ccc2c(c1)CC[C@@H]1C2CC[C@]2(C)C(=O)CCC12. The van der Waals surface area contributed by atoms with Crippen LogP contribution in [0.2, 0.25) is 0 Å². The van der Waals surface area contributed by atoms with Crippen LogP contribution in [-0.4, -0.2) is 18.5 Å². The van der Waals surface area contributed by atoms with Gasteiger partial charge in [0.25, 0.3) is 0 Å². The molecule has 4 heteroatoms. The molecule has 26 heavy (non-hydrogen) atoms. The van der Waals surface area contributed by atoms with Crippen LogP contribution in [0, 0.1) is 29.6 Å². The lowest BCUT2D eigenvalue weighted by Gasteiger charge is -2.48. The predicted octanol–water partition coefficient (Wildman–Crippen LogP) is 4.26. The van der Waals surface area contributed by atoms with Crippen molar-refractivity contribution in [3.05, 3.63) is 29.3 Å². The van der Waals surface area contributed by atoms with Crippen LogP contribution in [0.3, 0.4) is 0 Å². The molecule has 0 spiro atoms. The van der Waals surface area contributed by atoms with Crippen LogP contribution in [0.4, 0.5) is 4.79 Å². The summed E-state index contributed by atoms with van der Waals surface area (Å²) in [4.78, 5) is 24.0. The number of ether oxygens (including phenoxy) is 2. The third kappa shape index (κ3) is 2.70. The van der Waals surface area contributed by atoms with E-state index >= 15 is 0 Å². The highest BCUT2D eigenvalue weighted by Gasteiger charge is 2.54. The number of terminal acetylenes is 1. The minimum absolute atomic E-state index is 0.0909. The van der Waals surface area contributed by atoms with Gasteiger partial charge >= 0.3 is 6.16 Å². The molecule has 0 bridgehead atoms. The van der Waals surface area contributed by atoms with E-state index in [2.05, 4.69) is 18.9 Å². The Morgan fingerprint density at radius 2 is 2.15 bits per heavy atom. The lowest BCUT2D eigenvalue weighted by Crippen LogP contribution is -2.42. The summed E-state index contributed by atoms with van der Waals surface area (Å²) in [5.41, 5.74) is 2.52. The minimum atomic E-state index is -0.769. The molecule has 0 heterocycles. The van der Waals surface area contributed by atoms with Crippen molar-refractivity contribution in [1.82, 2.24) is 0 Å². The van der Waals surface area contributed by atoms with Crippen molar-refractivity contribution < 1.29 is 19.1 Å². The molecule has 0 amide bonds. The average molecular weight is 352 g/mol. The first kappa shape index (κ1) is 17.1. The molecule has 4 nitrogen and oxygen atoms in total. The standard InChI is InChI=1S/C22H24O4/c1-3-12-25-21(24)26-15-5-7-16-14(13-15)4-6-18-17(16)10-11-22(2)19(18)8-9-20(22)23/h1,5,7,13,17-19H,4,6,8-12H2,2H3/t17?,18-,19?,22+/m1/s1. The van der Waals surface area contributed by atoms with Gasteiger partial charge in [-0.2, -0.15) is 0 Å². The Labute approximate surface area is 154 Å². The monoisotopic (exact) mass is 352 g/mol. The number of Topliss-reactive ketones (excluding diaryl/α,β-unsaturated/α-hetero) is 1. The maximum atomic E-state index is 12.4. The lowest BCUT2D eigenvalue weighted by molar-refractivity contribution is -0.129. The first-order valence-corrected chi connectivity index (χ1v) is 9.47. The van der Waals surface area contributed by atoms with Gasteiger partial charge in [0.2, 0.25) is 0 Å². The van der Waals surface area contributed by atoms with Gasteiger partial charge in [-0.25, -0.2) is 4.79 Å². The molecule has 2 fully saturated rings. The van der Waals surface area contributed by atoms with Crippen molar-refractivity contribution >= 4 is 11.9 Å². The van der Waals surface area contributed by atoms with Gasteiger partial charge in [-0.15, -0.1) is 6.42 Å². The van der Waals surface area contributed by atoms with Crippen molar-refractivity contribution in [1.29, 1.82) is 0 Å². The number of benzene rings is 1. The van der Waals surface area contributed by atoms with Gasteiger partial charge in [0.05, 0.1) is 0 Å². The second kappa shape index (κ2) is 6.46. The van der Waals surface area contributed by atoms with Gasteiger partial charge < -0.3 is 9.47 Å². The van der Waals surface area contributed by atoms with Gasteiger partial charge in [0, 0.05) is 11.8 Å². The van der Waals surface area contributed by atoms with E-state index in [1.807, 2.05) is 12.1 Å². The molecular formula is C22H24O4. The van der Waals surface area contributed by atoms with Crippen LogP contribution in [-0.2, 0) is 16.0 Å². The van der Waals surface area contributed by atoms with Crippen LogP contribution in [0.5, 0.6) is 5.75 Å². The topological polar surface area (TPSA) is 52.6 Å². The highest BCUT2D eigenvalue weighted by Crippen LogP contribution is 2.59. The molecule has 1 aromatic carbocycles. The molecule has 4 rings (SSSR count). The summed E-state index contributed by atoms with van der Waals surface area (Å²) in [6, 6.07) is 5.89. The molecule has 0 aliphatic heterocycles. The molecule has 0 aromatic heterocycles. The number of hydrogen-bond acceptors (Lipinski definition) is 4. The van der Waals surface area contributed by atoms with Crippen LogP contribution < -0.4 is 4.74 Å². The van der Waals surface area contributed by atoms with E-state index in [4.69, 9.17) is 15.9 Å². The number of hydrogen-bond donors (Lipinski definition) is 0. The van der Waals surface area contributed by atoms with Crippen LogP contribution in [0.1, 0.15) is 56.1 Å². The zero-order valence-electron chi connectivity index (χ0n) is 15.1. The summed E-state index contributed by atoms with van der Waals surface area (Å²) in [5, 5.41) is 0. The molecule has 2 saturated carbocycles. The normalized spacial score (nSPS) is 32.0. The van der Waals surface area contributed by atoms with E-state index in [1.165, 1.54) is 11.1 Å². The highest BCUT2D eigenvalue weighted by molar-refractivity contribution is 5.87. The van der Waals surface area contributed by atoms with Crippen molar-refractivity contribution in [2.24, 2.45) is 17.3 Å². The molecule has 1 aromatic rings.